The van der Waals surface area contributed by atoms with Crippen molar-refractivity contribution < 1.29 is 38.6 Å². The third-order valence-electron chi connectivity index (χ3n) is 6.43. The van der Waals surface area contributed by atoms with Crippen LogP contribution in [0.5, 0.6) is 0 Å². The topological polar surface area (TPSA) is 127 Å². The van der Waals surface area contributed by atoms with Crippen LogP contribution in [0.3, 0.4) is 0 Å². The summed E-state index contributed by atoms with van der Waals surface area (Å²) in [6, 6.07) is 17.0. The fourth-order valence-electron chi connectivity index (χ4n) is 4.57. The number of anilines is 1. The minimum Gasteiger partial charge on any atom is -0.456 e. The Hall–Kier alpha value is -3.20. The molecule has 0 saturated heterocycles. The van der Waals surface area contributed by atoms with Crippen molar-refractivity contribution in [2.45, 2.75) is 52.4 Å². The molecule has 37 heavy (non-hydrogen) atoms. The smallest absolute Gasteiger partial charge is 0.203 e. The van der Waals surface area contributed by atoms with E-state index in [-0.39, 0.29) is 0 Å². The van der Waals surface area contributed by atoms with Crippen LogP contribution in [0, 0.1) is 24.1 Å². The van der Waals surface area contributed by atoms with Crippen LogP contribution in [0.4, 0.5) is 11.4 Å². The van der Waals surface area contributed by atoms with E-state index in [0.29, 0.717) is 0 Å². The van der Waals surface area contributed by atoms with Crippen molar-refractivity contribution in [1.82, 2.24) is 0 Å². The molecule has 0 fully saturated rings. The van der Waals surface area contributed by atoms with Crippen LogP contribution < -0.4 is 28.9 Å². The maximum atomic E-state index is 8.49. The molecular formula is C29H31ClN2O5. The normalized spacial score (nSPS) is 18.5. The minimum absolute atomic E-state index is 1.04. The summed E-state index contributed by atoms with van der Waals surface area (Å²) in [6.45, 7) is 4.22. The van der Waals surface area contributed by atoms with Crippen LogP contribution in [-0.2, 0) is 4.74 Å². The maximum Gasteiger partial charge on any atom is 0.203 e. The van der Waals surface area contributed by atoms with E-state index in [9.17, 15) is 0 Å². The highest BCUT2D eigenvalue weighted by Gasteiger charge is 2.29. The Labute approximate surface area is 219 Å². The number of benzene rings is 2. The van der Waals surface area contributed by atoms with E-state index in [1.807, 2.05) is 0 Å². The summed E-state index contributed by atoms with van der Waals surface area (Å²) < 4.78 is 40.6. The van der Waals surface area contributed by atoms with E-state index in [1.54, 1.807) is 0 Å². The van der Waals surface area contributed by atoms with Crippen molar-refractivity contribution in [2.75, 3.05) is 5.32 Å². The Bertz CT molecular complexity index is 1260. The fraction of sp³-hybridized carbons (Fsp3) is 0.276. The number of allylic oxidation sites excluding steroid dienone is 5. The first-order valence-electron chi connectivity index (χ1n) is 12.3. The zero-order valence-corrected chi connectivity index (χ0v) is 21.8. The molecule has 0 atom stereocenters. The van der Waals surface area contributed by atoms with Gasteiger partial charge in [-0.25, -0.2) is 23.6 Å². The monoisotopic (exact) mass is 522 g/mol. The first-order chi connectivity index (χ1) is 17.7. The summed E-state index contributed by atoms with van der Waals surface area (Å²) in [6.07, 6.45) is 13.3. The molecule has 3 aliphatic rings. The van der Waals surface area contributed by atoms with Gasteiger partial charge >= 0.3 is 0 Å². The summed E-state index contributed by atoms with van der Waals surface area (Å²) >= 11 is 0. The number of hydrogen-bond acceptors (Lipinski definition) is 6. The van der Waals surface area contributed by atoms with E-state index in [2.05, 4.69) is 91.2 Å². The number of halogens is 1. The van der Waals surface area contributed by atoms with Gasteiger partial charge in [0.1, 0.15) is 11.5 Å². The number of aryl methyl sites for hydroxylation is 2. The van der Waals surface area contributed by atoms with Crippen LogP contribution in [-0.4, -0.2) is 6.21 Å². The van der Waals surface area contributed by atoms with Crippen LogP contribution in [0.25, 0.3) is 0 Å². The Morgan fingerprint density at radius 1 is 0.811 bits per heavy atom. The van der Waals surface area contributed by atoms with E-state index in [4.69, 9.17) is 23.4 Å². The minimum atomic E-state index is -4.94. The molecule has 2 aromatic rings. The van der Waals surface area contributed by atoms with E-state index in [0.717, 1.165) is 48.6 Å². The van der Waals surface area contributed by atoms with E-state index >= 15 is 0 Å². The van der Waals surface area contributed by atoms with Gasteiger partial charge in [-0.2, -0.15) is 0 Å². The number of hydrogen-bond donors (Lipinski definition) is 2. The second kappa shape index (κ2) is 11.9. The highest BCUT2D eigenvalue weighted by molar-refractivity contribution is 5.78. The average molecular weight is 523 g/mol. The fourth-order valence-corrected chi connectivity index (χ4v) is 4.57. The highest BCUT2D eigenvalue weighted by atomic mass is 35.7. The predicted molar refractivity (Wildman–Crippen MR) is 132 cm³/mol. The van der Waals surface area contributed by atoms with Gasteiger partial charge in [0.05, 0.1) is 5.57 Å². The van der Waals surface area contributed by atoms with Gasteiger partial charge in [0.2, 0.25) is 5.69 Å². The van der Waals surface area contributed by atoms with Crippen molar-refractivity contribution >= 4 is 17.6 Å². The molecule has 7 nitrogen and oxygen atoms in total. The third-order valence-corrected chi connectivity index (χ3v) is 6.43. The summed E-state index contributed by atoms with van der Waals surface area (Å²) in [4.78, 5) is 3.48. The van der Waals surface area contributed by atoms with E-state index < -0.39 is 10.2 Å². The maximum absolute atomic E-state index is 8.49. The second-order valence-electron chi connectivity index (χ2n) is 9.40. The molecule has 0 unspecified atom stereocenters. The van der Waals surface area contributed by atoms with Crippen LogP contribution in [0.2, 0.25) is 0 Å². The molecule has 0 amide bonds. The average Bonchev–Trinajstić information content (AvgIpc) is 2.86. The number of fused-ring (bicyclic) bond motifs is 1. The Morgan fingerprint density at radius 2 is 1.43 bits per heavy atom. The summed E-state index contributed by atoms with van der Waals surface area (Å²) in [7, 11) is -4.94. The molecule has 5 rings (SSSR count). The molecule has 0 bridgehead atoms. The zero-order chi connectivity index (χ0) is 26.4. The first-order valence-corrected chi connectivity index (χ1v) is 13.5. The lowest BCUT2D eigenvalue weighted by atomic mass is 9.86. The molecule has 1 aliphatic heterocycles. The van der Waals surface area contributed by atoms with Crippen molar-refractivity contribution in [3.63, 3.8) is 0 Å². The second-order valence-corrected chi connectivity index (χ2v) is 10.2. The highest BCUT2D eigenvalue weighted by Crippen LogP contribution is 2.42. The molecule has 0 saturated carbocycles. The summed E-state index contributed by atoms with van der Waals surface area (Å²) in [5.74, 6) is 2.11. The lowest BCUT2D eigenvalue weighted by Gasteiger charge is -2.31. The Kier molecular flexibility index (Phi) is 8.63. The standard InChI is InChI=1S/C29H30N2O.ClHO4/c1-20-9-13-26(14-10-20)30-18-24-7-3-5-22-17-23-6-4-8-25(29(23)32-28(22)24)19-31-27-15-11-21(2)12-16-27;2-1(3,4)5/h9-19,30H,3-8H2,1-2H3;(H,2,3,4,5)/b24-18+,31-19?;. The van der Waals surface area contributed by atoms with Crippen molar-refractivity contribution in [1.29, 1.82) is 0 Å². The number of nitrogens with one attached hydrogen (secondary N) is 2. The number of ether oxygens (including phenoxy) is 1. The molecule has 1 heterocycles. The Balaban J connectivity index is 0.000000586. The van der Waals surface area contributed by atoms with Gasteiger partial charge in [-0.3, -0.25) is 0 Å². The molecule has 0 spiro atoms. The van der Waals surface area contributed by atoms with Crippen molar-refractivity contribution in [3.8, 4) is 0 Å². The molecule has 8 heteroatoms. The molecule has 2 aliphatic carbocycles. The lowest BCUT2D eigenvalue weighted by Crippen LogP contribution is -2.68. The lowest BCUT2D eigenvalue weighted by molar-refractivity contribution is -2.00. The molecule has 2 aromatic carbocycles. The van der Waals surface area contributed by atoms with Gasteiger partial charge in [-0.1, -0.05) is 35.4 Å². The SMILES string of the molecule is Cc1ccc(N/C=C2\CCCC3=C2OC2=C(C=[NH+]c4ccc(C)cc4)CCCC2=C3)cc1.[O-][Cl+3]([O-])([O-])[O-]. The molecule has 0 radical (unpaired) electrons. The van der Waals surface area contributed by atoms with Crippen LogP contribution in [0.15, 0.2) is 94.6 Å². The number of rotatable bonds is 4. The molecule has 194 valence electrons. The van der Waals surface area contributed by atoms with Gasteiger partial charge in [0.25, 0.3) is 0 Å². The molecule has 0 aromatic heterocycles. The van der Waals surface area contributed by atoms with Crippen LogP contribution in [0.1, 0.15) is 49.7 Å². The zero-order valence-electron chi connectivity index (χ0n) is 21.0. The first kappa shape index (κ1) is 26.9. The molecule has 2 N–H and O–H groups in total. The van der Waals surface area contributed by atoms with Gasteiger partial charge in [0, 0.05) is 29.6 Å². The van der Waals surface area contributed by atoms with Gasteiger partial charge in [-0.15, -0.1) is 10.2 Å². The van der Waals surface area contributed by atoms with Crippen molar-refractivity contribution in [2.24, 2.45) is 0 Å². The largest absolute Gasteiger partial charge is 0.456 e. The summed E-state index contributed by atoms with van der Waals surface area (Å²) in [5.41, 5.74) is 9.96. The van der Waals surface area contributed by atoms with Gasteiger partial charge in [-0.05, 0) is 81.7 Å². The molecular weight excluding hydrogens is 492 g/mol. The van der Waals surface area contributed by atoms with Crippen molar-refractivity contribution in [3.05, 3.63) is 106 Å². The van der Waals surface area contributed by atoms with E-state index in [1.165, 1.54) is 46.3 Å². The van der Waals surface area contributed by atoms with Gasteiger partial charge in [0.15, 0.2) is 6.21 Å². The predicted octanol–water partition coefficient (Wildman–Crippen LogP) is 1.16. The Morgan fingerprint density at radius 3 is 2.11 bits per heavy atom. The quantitative estimate of drug-likeness (QED) is 0.580. The summed E-state index contributed by atoms with van der Waals surface area (Å²) in [5, 5.41) is 3.48. The van der Waals surface area contributed by atoms with Gasteiger partial charge < -0.3 is 10.1 Å². The third kappa shape index (κ3) is 7.89. The van der Waals surface area contributed by atoms with Crippen LogP contribution >= 0.6 is 0 Å².